The highest BCUT2D eigenvalue weighted by atomic mass is 16.7. The maximum Gasteiger partial charge on any atom is 0.338 e. The highest BCUT2D eigenvalue weighted by molar-refractivity contribution is 5.91. The topological polar surface area (TPSA) is 233 Å². The molecule has 190 valence electrons. The smallest absolute Gasteiger partial charge is 0.338 e. The Morgan fingerprint density at radius 3 is 1.91 bits per heavy atom. The van der Waals surface area contributed by atoms with E-state index in [9.17, 15) is 50.4 Å². The molecule has 5 unspecified atom stereocenters. The average molecular weight is 498 g/mol. The van der Waals surface area contributed by atoms with E-state index >= 15 is 0 Å². The third-order valence-electron chi connectivity index (χ3n) is 5.07. The number of rotatable bonds is 6. The van der Waals surface area contributed by atoms with E-state index in [4.69, 9.17) is 14.2 Å². The second kappa shape index (κ2) is 10.1. The van der Waals surface area contributed by atoms with Gasteiger partial charge >= 0.3 is 11.9 Å². The number of hydrogen-bond donors (Lipinski definition) is 8. The molecular formula is C21H22O14. The molecule has 14 heteroatoms. The van der Waals surface area contributed by atoms with Crippen molar-refractivity contribution in [3.05, 3.63) is 35.4 Å². The molecule has 14 nitrogen and oxygen atoms in total. The van der Waals surface area contributed by atoms with Gasteiger partial charge in [-0.25, -0.2) is 9.59 Å². The van der Waals surface area contributed by atoms with Gasteiger partial charge in [0.15, 0.2) is 28.7 Å². The molecule has 0 radical (unpaired) electrons. The monoisotopic (exact) mass is 498 g/mol. The lowest BCUT2D eigenvalue weighted by atomic mass is 9.99. The Morgan fingerprint density at radius 1 is 0.800 bits per heavy atom. The van der Waals surface area contributed by atoms with Crippen LogP contribution in [0.5, 0.6) is 34.5 Å². The molecule has 0 spiro atoms. The second-order valence-electron chi connectivity index (χ2n) is 7.43. The maximum atomic E-state index is 12.2. The minimum Gasteiger partial charge on any atom is -0.504 e. The molecule has 2 aromatic rings. The summed E-state index contributed by atoms with van der Waals surface area (Å²) in [4.78, 5) is 24.0. The average Bonchev–Trinajstić information content (AvgIpc) is 2.83. The van der Waals surface area contributed by atoms with Gasteiger partial charge in [0.05, 0.1) is 18.2 Å². The number of benzene rings is 2. The van der Waals surface area contributed by atoms with Gasteiger partial charge < -0.3 is 59.8 Å². The van der Waals surface area contributed by atoms with Crippen molar-refractivity contribution in [1.82, 2.24) is 0 Å². The van der Waals surface area contributed by atoms with E-state index in [0.29, 0.717) is 0 Å². The number of carbonyl (C=O) groups excluding carboxylic acids is 2. The van der Waals surface area contributed by atoms with Gasteiger partial charge in [0, 0.05) is 0 Å². The van der Waals surface area contributed by atoms with E-state index in [2.05, 4.69) is 4.74 Å². The van der Waals surface area contributed by atoms with Crippen molar-refractivity contribution < 1.29 is 69.4 Å². The Labute approximate surface area is 196 Å². The number of aliphatic hydroxyl groups is 3. The molecule has 0 amide bonds. The van der Waals surface area contributed by atoms with Crippen LogP contribution in [0.4, 0.5) is 0 Å². The van der Waals surface area contributed by atoms with E-state index in [0.717, 1.165) is 31.4 Å². The lowest BCUT2D eigenvalue weighted by Gasteiger charge is -2.39. The van der Waals surface area contributed by atoms with E-state index in [1.165, 1.54) is 0 Å². The standard InChI is InChI=1S/C21H22O14/c1-32-19(30)8-4-11(24)15(26)12(5-8)34-21-18(29)17(28)16(27)13(35-21)6-33-20(31)7-2-9(22)14(25)10(23)3-7/h2-5,13,16-18,21-29H,6H2,1H3. The Morgan fingerprint density at radius 2 is 1.34 bits per heavy atom. The summed E-state index contributed by atoms with van der Waals surface area (Å²) >= 11 is 0. The number of ether oxygens (including phenoxy) is 4. The molecule has 0 bridgehead atoms. The van der Waals surface area contributed by atoms with E-state index in [-0.39, 0.29) is 11.1 Å². The van der Waals surface area contributed by atoms with Crippen molar-refractivity contribution in [1.29, 1.82) is 0 Å². The van der Waals surface area contributed by atoms with Gasteiger partial charge in [-0.05, 0) is 24.3 Å². The summed E-state index contributed by atoms with van der Waals surface area (Å²) in [6.45, 7) is -0.717. The molecular weight excluding hydrogens is 476 g/mol. The Balaban J connectivity index is 1.76. The van der Waals surface area contributed by atoms with Crippen LogP contribution in [0, 0.1) is 0 Å². The Kier molecular flexibility index (Phi) is 7.40. The maximum absolute atomic E-state index is 12.2. The molecule has 1 aliphatic rings. The summed E-state index contributed by atoms with van der Waals surface area (Å²) in [5.74, 6) is -6.58. The van der Waals surface area contributed by atoms with Crippen LogP contribution in [0.25, 0.3) is 0 Å². The molecule has 1 aliphatic heterocycles. The summed E-state index contributed by atoms with van der Waals surface area (Å²) in [7, 11) is 1.07. The Hall–Kier alpha value is -3.98. The highest BCUT2D eigenvalue weighted by Crippen LogP contribution is 2.39. The zero-order chi connectivity index (χ0) is 26.0. The van der Waals surface area contributed by atoms with Crippen LogP contribution < -0.4 is 4.74 Å². The zero-order valence-corrected chi connectivity index (χ0v) is 17.9. The molecule has 1 heterocycles. The first-order valence-corrected chi connectivity index (χ1v) is 9.87. The predicted molar refractivity (Wildman–Crippen MR) is 110 cm³/mol. The van der Waals surface area contributed by atoms with E-state index < -0.39 is 83.7 Å². The van der Waals surface area contributed by atoms with E-state index in [1.807, 2.05) is 0 Å². The SMILES string of the molecule is COC(=O)c1cc(O)c(O)c(OC2OC(COC(=O)c3cc(O)c(O)c(O)c3)C(O)C(O)C2O)c1. The van der Waals surface area contributed by atoms with Crippen LogP contribution in [0.2, 0.25) is 0 Å². The minimum atomic E-state index is -1.88. The summed E-state index contributed by atoms with van der Waals surface area (Å²) in [6.07, 6.45) is -8.80. The molecule has 35 heavy (non-hydrogen) atoms. The molecule has 1 fully saturated rings. The summed E-state index contributed by atoms with van der Waals surface area (Å²) in [6, 6.07) is 3.48. The normalized spacial score (nSPS) is 23.9. The molecule has 0 aromatic heterocycles. The number of phenolic OH excluding ortho intramolecular Hbond substituents is 5. The van der Waals surface area contributed by atoms with Gasteiger partial charge in [-0.1, -0.05) is 0 Å². The second-order valence-corrected chi connectivity index (χ2v) is 7.43. The van der Waals surface area contributed by atoms with Gasteiger partial charge in [0.2, 0.25) is 12.0 Å². The highest BCUT2D eigenvalue weighted by Gasteiger charge is 2.46. The number of phenols is 5. The van der Waals surface area contributed by atoms with Crippen molar-refractivity contribution in [2.24, 2.45) is 0 Å². The third kappa shape index (κ3) is 5.25. The van der Waals surface area contributed by atoms with Crippen LogP contribution in [0.3, 0.4) is 0 Å². The number of methoxy groups -OCH3 is 1. The van der Waals surface area contributed by atoms with Crippen LogP contribution >= 0.6 is 0 Å². The quantitative estimate of drug-likeness (QED) is 0.177. The van der Waals surface area contributed by atoms with Crippen molar-refractivity contribution in [2.75, 3.05) is 13.7 Å². The lowest BCUT2D eigenvalue weighted by molar-refractivity contribution is -0.277. The van der Waals surface area contributed by atoms with Gasteiger partial charge in [-0.15, -0.1) is 0 Å². The fraction of sp³-hybridized carbons (Fsp3) is 0.333. The van der Waals surface area contributed by atoms with Crippen molar-refractivity contribution in [2.45, 2.75) is 30.7 Å². The largest absolute Gasteiger partial charge is 0.504 e. The van der Waals surface area contributed by atoms with Crippen LogP contribution in [0.1, 0.15) is 20.7 Å². The fourth-order valence-corrected chi connectivity index (χ4v) is 3.16. The van der Waals surface area contributed by atoms with Crippen molar-refractivity contribution >= 4 is 11.9 Å². The molecule has 8 N–H and O–H groups in total. The van der Waals surface area contributed by atoms with Crippen LogP contribution in [-0.2, 0) is 14.2 Å². The number of carbonyl (C=O) groups is 2. The first kappa shape index (κ1) is 25.6. The third-order valence-corrected chi connectivity index (χ3v) is 5.07. The van der Waals surface area contributed by atoms with Crippen molar-refractivity contribution in [3.8, 4) is 34.5 Å². The van der Waals surface area contributed by atoms with Gasteiger partial charge in [0.1, 0.15) is 31.0 Å². The summed E-state index contributed by atoms with van der Waals surface area (Å²) < 4.78 is 20.1. The van der Waals surface area contributed by atoms with Gasteiger partial charge in [0.25, 0.3) is 0 Å². The molecule has 0 aliphatic carbocycles. The molecule has 5 atom stereocenters. The molecule has 3 rings (SSSR count). The molecule has 2 aromatic carbocycles. The number of esters is 2. The first-order valence-electron chi connectivity index (χ1n) is 9.87. The zero-order valence-electron chi connectivity index (χ0n) is 17.9. The summed E-state index contributed by atoms with van der Waals surface area (Å²) in [5, 5.41) is 78.9. The lowest BCUT2D eigenvalue weighted by Crippen LogP contribution is -2.60. The molecule has 1 saturated heterocycles. The fourth-order valence-electron chi connectivity index (χ4n) is 3.16. The predicted octanol–water partition coefficient (Wildman–Crippen LogP) is -0.955. The molecule has 0 saturated carbocycles. The Bertz CT molecular complexity index is 1090. The number of aliphatic hydroxyl groups excluding tert-OH is 3. The van der Waals surface area contributed by atoms with E-state index in [1.54, 1.807) is 0 Å². The van der Waals surface area contributed by atoms with Crippen LogP contribution in [-0.4, -0.2) is 97.2 Å². The van der Waals surface area contributed by atoms with Crippen LogP contribution in [0.15, 0.2) is 24.3 Å². The minimum absolute atomic E-state index is 0.227. The summed E-state index contributed by atoms with van der Waals surface area (Å²) in [5.41, 5.74) is -0.592. The van der Waals surface area contributed by atoms with Crippen molar-refractivity contribution in [3.63, 3.8) is 0 Å². The van der Waals surface area contributed by atoms with Gasteiger partial charge in [-0.3, -0.25) is 0 Å². The first-order chi connectivity index (χ1) is 16.4. The number of hydrogen-bond acceptors (Lipinski definition) is 14. The van der Waals surface area contributed by atoms with Gasteiger partial charge in [-0.2, -0.15) is 0 Å². The number of aromatic hydroxyl groups is 5.